The summed E-state index contributed by atoms with van der Waals surface area (Å²) < 4.78 is 5.02. The molecule has 2 rings (SSSR count). The number of aromatic hydroxyl groups is 1. The number of alkyl carbamates (subject to hydrolysis) is 1. The van der Waals surface area contributed by atoms with Crippen molar-refractivity contribution in [3.8, 4) is 5.75 Å². The summed E-state index contributed by atoms with van der Waals surface area (Å²) in [6.45, 7) is 5.09. The summed E-state index contributed by atoms with van der Waals surface area (Å²) in [5.41, 5.74) is -0.00247. The smallest absolute Gasteiger partial charge is 0.408 e. The van der Waals surface area contributed by atoms with E-state index in [1.54, 1.807) is 32.9 Å². The zero-order valence-electron chi connectivity index (χ0n) is 15.2. The van der Waals surface area contributed by atoms with Gasteiger partial charge >= 0.3 is 12.1 Å². The minimum atomic E-state index is -1.15. The number of phenols is 1. The van der Waals surface area contributed by atoms with Crippen LogP contribution in [0.2, 0.25) is 0 Å². The quantitative estimate of drug-likeness (QED) is 0.775. The van der Waals surface area contributed by atoms with Crippen molar-refractivity contribution in [1.29, 1.82) is 0 Å². The second-order valence-electron chi connectivity index (χ2n) is 6.56. The molecule has 0 heterocycles. The van der Waals surface area contributed by atoms with Gasteiger partial charge in [0.15, 0.2) is 0 Å². The van der Waals surface area contributed by atoms with Crippen molar-refractivity contribution in [2.45, 2.75) is 38.8 Å². The molecule has 140 valence electrons. The highest BCUT2D eigenvalue weighted by Gasteiger charge is 2.24. The topological polar surface area (TPSA) is 95.9 Å². The molecule has 0 saturated heterocycles. The fourth-order valence-electron chi connectivity index (χ4n) is 1.90. The standard InChI is InChI=1S/C14H19NO5.C6H6/c1-14(2,3)20-13(19)15-11(12(17)18)8-9-4-6-10(16)7-5-9;1-2-4-6-5-3-1/h4-7,11,16H,8H2,1-3H3,(H,15,19)(H,17,18);1-6H/t11-;/m0./s1. The Kier molecular flexibility index (Phi) is 8.15. The van der Waals surface area contributed by atoms with E-state index in [0.29, 0.717) is 5.56 Å². The summed E-state index contributed by atoms with van der Waals surface area (Å²) in [5, 5.41) is 20.6. The number of nitrogens with one attached hydrogen (secondary N) is 1. The molecule has 1 atom stereocenters. The van der Waals surface area contributed by atoms with Crippen molar-refractivity contribution in [3.05, 3.63) is 66.2 Å². The van der Waals surface area contributed by atoms with Gasteiger partial charge in [-0.05, 0) is 38.5 Å². The molecule has 0 aromatic heterocycles. The van der Waals surface area contributed by atoms with Crippen molar-refractivity contribution in [2.24, 2.45) is 0 Å². The molecule has 0 fully saturated rings. The summed E-state index contributed by atoms with van der Waals surface area (Å²) in [5.74, 6) is -1.05. The van der Waals surface area contributed by atoms with Crippen molar-refractivity contribution < 1.29 is 24.5 Å². The van der Waals surface area contributed by atoms with Gasteiger partial charge in [-0.2, -0.15) is 0 Å². The van der Waals surface area contributed by atoms with Crippen LogP contribution in [0, 0.1) is 0 Å². The van der Waals surface area contributed by atoms with E-state index in [0.717, 1.165) is 0 Å². The van der Waals surface area contributed by atoms with E-state index in [2.05, 4.69) is 5.32 Å². The molecule has 0 radical (unpaired) electrons. The molecule has 2 aromatic rings. The van der Waals surface area contributed by atoms with E-state index in [1.807, 2.05) is 36.4 Å². The largest absolute Gasteiger partial charge is 0.508 e. The Labute approximate surface area is 153 Å². The van der Waals surface area contributed by atoms with E-state index < -0.39 is 23.7 Å². The van der Waals surface area contributed by atoms with E-state index in [4.69, 9.17) is 14.9 Å². The highest BCUT2D eigenvalue weighted by molar-refractivity contribution is 5.80. The first-order chi connectivity index (χ1) is 12.2. The van der Waals surface area contributed by atoms with E-state index in [9.17, 15) is 9.59 Å². The second kappa shape index (κ2) is 10.1. The fourth-order valence-corrected chi connectivity index (χ4v) is 1.90. The van der Waals surface area contributed by atoms with Crippen LogP contribution in [0.5, 0.6) is 5.75 Å². The summed E-state index contributed by atoms with van der Waals surface area (Å²) in [6.07, 6.45) is -0.668. The lowest BCUT2D eigenvalue weighted by atomic mass is 10.1. The monoisotopic (exact) mass is 359 g/mol. The van der Waals surface area contributed by atoms with Crippen molar-refractivity contribution in [1.82, 2.24) is 5.32 Å². The number of carboxylic acids is 1. The molecule has 6 nitrogen and oxygen atoms in total. The van der Waals surface area contributed by atoms with E-state index in [1.165, 1.54) is 12.1 Å². The predicted octanol–water partition coefficient (Wildman–Crippen LogP) is 3.60. The molecular weight excluding hydrogens is 334 g/mol. The Morgan fingerprint density at radius 3 is 1.85 bits per heavy atom. The molecule has 6 heteroatoms. The normalized spacial score (nSPS) is 11.5. The zero-order valence-corrected chi connectivity index (χ0v) is 15.2. The molecule has 0 aliphatic rings. The Morgan fingerprint density at radius 2 is 1.46 bits per heavy atom. The minimum Gasteiger partial charge on any atom is -0.508 e. The molecule has 0 spiro atoms. The number of benzene rings is 2. The first-order valence-corrected chi connectivity index (χ1v) is 8.17. The number of phenolic OH excluding ortho intramolecular Hbond substituents is 1. The van der Waals surface area contributed by atoms with Crippen LogP contribution < -0.4 is 5.32 Å². The number of hydrogen-bond acceptors (Lipinski definition) is 4. The molecule has 26 heavy (non-hydrogen) atoms. The number of aliphatic carboxylic acids is 1. The Bertz CT molecular complexity index is 651. The van der Waals surface area contributed by atoms with E-state index in [-0.39, 0.29) is 12.2 Å². The first-order valence-electron chi connectivity index (χ1n) is 8.17. The number of carboxylic acid groups (broad SMARTS) is 1. The van der Waals surface area contributed by atoms with Crippen LogP contribution in [0.4, 0.5) is 4.79 Å². The lowest BCUT2D eigenvalue weighted by molar-refractivity contribution is -0.139. The van der Waals surface area contributed by atoms with Crippen LogP contribution in [0.25, 0.3) is 0 Å². The molecule has 1 amide bonds. The highest BCUT2D eigenvalue weighted by atomic mass is 16.6. The molecule has 0 unspecified atom stereocenters. The maximum Gasteiger partial charge on any atom is 0.408 e. The average molecular weight is 359 g/mol. The summed E-state index contributed by atoms with van der Waals surface area (Å²) >= 11 is 0. The van der Waals surface area contributed by atoms with Gasteiger partial charge < -0.3 is 20.3 Å². The third-order valence-electron chi connectivity index (χ3n) is 3.03. The number of carbonyl (C=O) groups excluding carboxylic acids is 1. The first kappa shape index (κ1) is 21.0. The third kappa shape index (κ3) is 9.32. The van der Waals surface area contributed by atoms with Crippen molar-refractivity contribution >= 4 is 12.1 Å². The van der Waals surface area contributed by atoms with Crippen LogP contribution in [0.15, 0.2) is 60.7 Å². The van der Waals surface area contributed by atoms with Gasteiger partial charge in [-0.1, -0.05) is 48.5 Å². The third-order valence-corrected chi connectivity index (χ3v) is 3.03. The van der Waals surface area contributed by atoms with Crippen molar-refractivity contribution in [2.75, 3.05) is 0 Å². The van der Waals surface area contributed by atoms with Gasteiger partial charge in [0.1, 0.15) is 17.4 Å². The van der Waals surface area contributed by atoms with Gasteiger partial charge in [0.25, 0.3) is 0 Å². The van der Waals surface area contributed by atoms with Crippen LogP contribution in [0.1, 0.15) is 26.3 Å². The fraction of sp³-hybridized carbons (Fsp3) is 0.300. The Balaban J connectivity index is 0.000000472. The molecule has 0 bridgehead atoms. The van der Waals surface area contributed by atoms with Gasteiger partial charge in [0, 0.05) is 6.42 Å². The maximum atomic E-state index is 11.6. The number of carbonyl (C=O) groups is 2. The van der Waals surface area contributed by atoms with Gasteiger partial charge in [0.05, 0.1) is 0 Å². The molecule has 2 aromatic carbocycles. The maximum absolute atomic E-state index is 11.6. The van der Waals surface area contributed by atoms with Crippen LogP contribution >= 0.6 is 0 Å². The number of amides is 1. The van der Waals surface area contributed by atoms with Crippen LogP contribution in [0.3, 0.4) is 0 Å². The SMILES string of the molecule is CC(C)(C)OC(=O)N[C@@H](Cc1ccc(O)cc1)C(=O)O.c1ccccc1. The summed E-state index contributed by atoms with van der Waals surface area (Å²) in [4.78, 5) is 22.7. The second-order valence-corrected chi connectivity index (χ2v) is 6.56. The van der Waals surface area contributed by atoms with Gasteiger partial charge in [0.2, 0.25) is 0 Å². The van der Waals surface area contributed by atoms with Gasteiger partial charge in [-0.15, -0.1) is 0 Å². The number of rotatable bonds is 4. The van der Waals surface area contributed by atoms with Crippen LogP contribution in [-0.2, 0) is 16.0 Å². The summed E-state index contributed by atoms with van der Waals surface area (Å²) in [6, 6.07) is 17.0. The average Bonchev–Trinajstić information content (AvgIpc) is 2.56. The van der Waals surface area contributed by atoms with Crippen molar-refractivity contribution in [3.63, 3.8) is 0 Å². The zero-order chi connectivity index (χ0) is 19.6. The number of ether oxygens (including phenoxy) is 1. The Hall–Kier alpha value is -3.02. The van der Waals surface area contributed by atoms with Gasteiger partial charge in [-0.3, -0.25) is 0 Å². The molecule has 0 saturated carbocycles. The van der Waals surface area contributed by atoms with Gasteiger partial charge in [-0.25, -0.2) is 9.59 Å². The lowest BCUT2D eigenvalue weighted by Crippen LogP contribution is -2.44. The Morgan fingerprint density at radius 1 is 1.00 bits per heavy atom. The molecular formula is C20H25NO5. The van der Waals surface area contributed by atoms with E-state index >= 15 is 0 Å². The molecule has 0 aliphatic carbocycles. The minimum absolute atomic E-state index is 0.0979. The molecule has 3 N–H and O–H groups in total. The number of hydrogen-bond donors (Lipinski definition) is 3. The molecule has 0 aliphatic heterocycles. The lowest BCUT2D eigenvalue weighted by Gasteiger charge is -2.22. The van der Waals surface area contributed by atoms with Crippen LogP contribution in [-0.4, -0.2) is 33.9 Å². The predicted molar refractivity (Wildman–Crippen MR) is 99.0 cm³/mol. The highest BCUT2D eigenvalue weighted by Crippen LogP contribution is 2.12. The summed E-state index contributed by atoms with van der Waals surface area (Å²) in [7, 11) is 0.